The Hall–Kier alpha value is -3.39. The maximum Gasteiger partial charge on any atom is 0.250 e. The lowest BCUT2D eigenvalue weighted by Crippen LogP contribution is -2.19. The zero-order valence-corrected chi connectivity index (χ0v) is 19.4. The van der Waals surface area contributed by atoms with E-state index in [0.29, 0.717) is 6.54 Å². The summed E-state index contributed by atoms with van der Waals surface area (Å²) in [6, 6.07) is 29.3. The zero-order chi connectivity index (χ0) is 22.7. The van der Waals surface area contributed by atoms with Crippen molar-refractivity contribution >= 4 is 0 Å². The van der Waals surface area contributed by atoms with Gasteiger partial charge in [-0.15, -0.1) is 0 Å². The lowest BCUT2D eigenvalue weighted by Gasteiger charge is -2.20. The van der Waals surface area contributed by atoms with Gasteiger partial charge in [-0.25, -0.2) is 0 Å². The minimum Gasteiger partial charge on any atom is -0.311 e. The molecule has 3 aromatic carbocycles. The van der Waals surface area contributed by atoms with Crippen molar-refractivity contribution in [2.75, 3.05) is 0 Å². The van der Waals surface area contributed by atoms with Crippen molar-refractivity contribution in [3.05, 3.63) is 129 Å². The second kappa shape index (κ2) is 9.00. The molecule has 0 saturated heterocycles. The fraction of sp³-hybridized carbons (Fsp3) is 0.233. The highest BCUT2D eigenvalue weighted by molar-refractivity contribution is 5.69. The number of aryl methyl sites for hydroxylation is 1. The Labute approximate surface area is 191 Å². The van der Waals surface area contributed by atoms with Crippen molar-refractivity contribution in [1.29, 1.82) is 0 Å². The Kier molecular flexibility index (Phi) is 6.14. The first-order valence-corrected chi connectivity index (χ1v) is 11.2. The average Bonchev–Trinajstić information content (AvgIpc) is 2.77. The number of pyridine rings is 1. The van der Waals surface area contributed by atoms with Crippen molar-refractivity contribution in [1.82, 2.24) is 4.57 Å². The van der Waals surface area contributed by atoms with Gasteiger partial charge in [-0.3, -0.25) is 4.79 Å². The molecule has 0 unspecified atom stereocenters. The maximum atomic E-state index is 12.4. The van der Waals surface area contributed by atoms with Gasteiger partial charge in [0.1, 0.15) is 0 Å². The Morgan fingerprint density at radius 3 is 2.19 bits per heavy atom. The van der Waals surface area contributed by atoms with E-state index in [0.717, 1.165) is 17.5 Å². The SMILES string of the molecule is Cc1ccc(Cc2ccc(=O)n(Cc3ccccc3)c2)c(-c2ccc(C(C)(C)C)cc2)c1. The second-order valence-electron chi connectivity index (χ2n) is 9.65. The maximum absolute atomic E-state index is 12.4. The quantitative estimate of drug-likeness (QED) is 0.349. The molecule has 0 radical (unpaired) electrons. The van der Waals surface area contributed by atoms with Crippen LogP contribution < -0.4 is 5.56 Å². The van der Waals surface area contributed by atoms with Crippen molar-refractivity contribution in [2.45, 2.75) is 46.1 Å². The predicted molar refractivity (Wildman–Crippen MR) is 134 cm³/mol. The van der Waals surface area contributed by atoms with Crippen LogP contribution in [0.1, 0.15) is 48.6 Å². The summed E-state index contributed by atoms with van der Waals surface area (Å²) < 4.78 is 1.80. The first-order chi connectivity index (χ1) is 15.3. The molecule has 0 aliphatic heterocycles. The Morgan fingerprint density at radius 1 is 0.781 bits per heavy atom. The molecule has 0 N–H and O–H groups in total. The van der Waals surface area contributed by atoms with Crippen LogP contribution in [0.15, 0.2) is 95.9 Å². The predicted octanol–water partition coefficient (Wildman–Crippen LogP) is 6.76. The molecule has 0 fully saturated rings. The van der Waals surface area contributed by atoms with Crippen LogP contribution in [0.2, 0.25) is 0 Å². The third kappa shape index (κ3) is 5.08. The molecule has 2 nitrogen and oxygen atoms in total. The lowest BCUT2D eigenvalue weighted by atomic mass is 9.85. The molecule has 4 aromatic rings. The number of aromatic nitrogens is 1. The Morgan fingerprint density at radius 2 is 1.50 bits per heavy atom. The highest BCUT2D eigenvalue weighted by Crippen LogP contribution is 2.30. The van der Waals surface area contributed by atoms with Gasteiger partial charge in [-0.2, -0.15) is 0 Å². The number of hydrogen-bond acceptors (Lipinski definition) is 1. The smallest absolute Gasteiger partial charge is 0.250 e. The van der Waals surface area contributed by atoms with Gasteiger partial charge in [0.15, 0.2) is 0 Å². The fourth-order valence-electron chi connectivity index (χ4n) is 4.07. The molecule has 1 aromatic heterocycles. The van der Waals surface area contributed by atoms with Gasteiger partial charge in [0.05, 0.1) is 6.54 Å². The van der Waals surface area contributed by atoms with E-state index in [2.05, 4.69) is 82.3 Å². The first kappa shape index (κ1) is 21.8. The summed E-state index contributed by atoms with van der Waals surface area (Å²) >= 11 is 0. The van der Waals surface area contributed by atoms with Crippen LogP contribution >= 0.6 is 0 Å². The molecular weight excluding hydrogens is 390 g/mol. The van der Waals surface area contributed by atoms with Gasteiger partial charge in [0, 0.05) is 12.3 Å². The topological polar surface area (TPSA) is 22.0 Å². The molecule has 0 spiro atoms. The summed E-state index contributed by atoms with van der Waals surface area (Å²) in [6.45, 7) is 9.44. The monoisotopic (exact) mass is 421 g/mol. The van der Waals surface area contributed by atoms with Gasteiger partial charge < -0.3 is 4.57 Å². The molecule has 162 valence electrons. The summed E-state index contributed by atoms with van der Waals surface area (Å²) in [7, 11) is 0. The molecule has 0 amide bonds. The van der Waals surface area contributed by atoms with Crippen molar-refractivity contribution in [3.8, 4) is 11.1 Å². The van der Waals surface area contributed by atoms with Gasteiger partial charge >= 0.3 is 0 Å². The van der Waals surface area contributed by atoms with Crippen LogP contribution in [0.3, 0.4) is 0 Å². The van der Waals surface area contributed by atoms with Gasteiger partial charge in [0.2, 0.25) is 0 Å². The molecule has 1 heterocycles. The number of rotatable bonds is 5. The van der Waals surface area contributed by atoms with E-state index in [-0.39, 0.29) is 11.0 Å². The first-order valence-electron chi connectivity index (χ1n) is 11.2. The molecule has 0 aliphatic carbocycles. The van der Waals surface area contributed by atoms with Crippen molar-refractivity contribution in [2.24, 2.45) is 0 Å². The molecule has 0 saturated carbocycles. The molecular formula is C30H31NO. The highest BCUT2D eigenvalue weighted by atomic mass is 16.1. The van der Waals surface area contributed by atoms with E-state index < -0.39 is 0 Å². The van der Waals surface area contributed by atoms with E-state index in [1.807, 2.05) is 30.5 Å². The second-order valence-corrected chi connectivity index (χ2v) is 9.65. The summed E-state index contributed by atoms with van der Waals surface area (Å²) in [6.07, 6.45) is 2.79. The van der Waals surface area contributed by atoms with Gasteiger partial charge in [-0.1, -0.05) is 105 Å². The molecule has 32 heavy (non-hydrogen) atoms. The minimum absolute atomic E-state index is 0.0273. The summed E-state index contributed by atoms with van der Waals surface area (Å²) in [5.41, 5.74) is 8.77. The summed E-state index contributed by atoms with van der Waals surface area (Å²) in [5, 5.41) is 0. The van der Waals surface area contributed by atoms with Crippen molar-refractivity contribution < 1.29 is 0 Å². The average molecular weight is 422 g/mol. The van der Waals surface area contributed by atoms with Crippen LogP contribution in [-0.4, -0.2) is 4.57 Å². The van der Waals surface area contributed by atoms with E-state index in [1.54, 1.807) is 10.6 Å². The number of hydrogen-bond donors (Lipinski definition) is 0. The van der Waals surface area contributed by atoms with E-state index >= 15 is 0 Å². The number of benzene rings is 3. The highest BCUT2D eigenvalue weighted by Gasteiger charge is 2.14. The van der Waals surface area contributed by atoms with Crippen LogP contribution in [0.4, 0.5) is 0 Å². The summed E-state index contributed by atoms with van der Waals surface area (Å²) in [4.78, 5) is 12.4. The van der Waals surface area contributed by atoms with Crippen molar-refractivity contribution in [3.63, 3.8) is 0 Å². The van der Waals surface area contributed by atoms with E-state index in [4.69, 9.17) is 0 Å². The zero-order valence-electron chi connectivity index (χ0n) is 19.4. The van der Waals surface area contributed by atoms with E-state index in [9.17, 15) is 4.79 Å². The Balaban J connectivity index is 1.66. The molecule has 0 aliphatic rings. The van der Waals surface area contributed by atoms with Gasteiger partial charge in [0.25, 0.3) is 5.56 Å². The molecule has 0 atom stereocenters. The molecule has 0 bridgehead atoms. The fourth-order valence-corrected chi connectivity index (χ4v) is 4.07. The van der Waals surface area contributed by atoms with Crippen LogP contribution in [0.25, 0.3) is 11.1 Å². The normalized spacial score (nSPS) is 11.5. The Bertz CT molecular complexity index is 1260. The minimum atomic E-state index is 0.0273. The largest absolute Gasteiger partial charge is 0.311 e. The standard InChI is InChI=1S/C30H31NO/c1-22-10-12-26(28(18-22)25-13-15-27(16-14-25)30(2,3)4)19-24-11-17-29(32)31(21-24)20-23-8-6-5-7-9-23/h5-18,21H,19-20H2,1-4H3. The van der Waals surface area contributed by atoms with E-state index in [1.165, 1.54) is 27.8 Å². The summed E-state index contributed by atoms with van der Waals surface area (Å²) in [5.74, 6) is 0. The lowest BCUT2D eigenvalue weighted by molar-refractivity contribution is 0.590. The molecule has 2 heteroatoms. The van der Waals surface area contributed by atoms with Crippen LogP contribution in [-0.2, 0) is 18.4 Å². The van der Waals surface area contributed by atoms with Gasteiger partial charge in [-0.05, 0) is 52.1 Å². The number of nitrogens with zero attached hydrogens (tertiary/aromatic N) is 1. The molecule has 4 rings (SSSR count). The third-order valence-electron chi connectivity index (χ3n) is 5.96. The van der Waals surface area contributed by atoms with Crippen LogP contribution in [0.5, 0.6) is 0 Å². The third-order valence-corrected chi connectivity index (χ3v) is 5.96. The van der Waals surface area contributed by atoms with Crippen LogP contribution in [0, 0.1) is 6.92 Å².